The fraction of sp³-hybridized carbons (Fsp3) is 0.647. The predicted octanol–water partition coefficient (Wildman–Crippen LogP) is 4.10. The third kappa shape index (κ3) is 4.21. The molecule has 0 atom stereocenters. The first-order chi connectivity index (χ1) is 9.65. The van der Waals surface area contributed by atoms with Crippen molar-refractivity contribution >= 4 is 11.6 Å². The Morgan fingerprint density at radius 2 is 1.80 bits per heavy atom. The maximum Gasteiger partial charge on any atom is 0.0499 e. The summed E-state index contributed by atoms with van der Waals surface area (Å²) in [4.78, 5) is 2.31. The third-order valence-electron chi connectivity index (χ3n) is 4.50. The van der Waals surface area contributed by atoms with Crippen molar-refractivity contribution in [3.63, 3.8) is 0 Å². The normalized spacial score (nSPS) is 19.0. The zero-order valence-electron chi connectivity index (χ0n) is 12.4. The second-order valence-corrected chi connectivity index (χ2v) is 6.74. The van der Waals surface area contributed by atoms with Gasteiger partial charge < -0.3 is 10.0 Å². The van der Waals surface area contributed by atoms with Crippen LogP contribution in [-0.4, -0.2) is 30.2 Å². The summed E-state index contributed by atoms with van der Waals surface area (Å²) < 4.78 is 0. The molecule has 1 saturated carbocycles. The molecule has 1 aliphatic carbocycles. The van der Waals surface area contributed by atoms with Gasteiger partial charge in [0.1, 0.15) is 0 Å². The van der Waals surface area contributed by atoms with E-state index in [9.17, 15) is 5.11 Å². The lowest BCUT2D eigenvalue weighted by Gasteiger charge is -2.35. The molecule has 0 aliphatic heterocycles. The highest BCUT2D eigenvalue weighted by molar-refractivity contribution is 6.31. The lowest BCUT2D eigenvalue weighted by molar-refractivity contribution is 0.0663. The van der Waals surface area contributed by atoms with Gasteiger partial charge >= 0.3 is 0 Å². The van der Waals surface area contributed by atoms with Crippen LogP contribution in [0.1, 0.15) is 44.1 Å². The monoisotopic (exact) mass is 295 g/mol. The molecule has 3 heteroatoms. The fourth-order valence-electron chi connectivity index (χ4n) is 3.39. The highest BCUT2D eigenvalue weighted by atomic mass is 35.5. The van der Waals surface area contributed by atoms with E-state index in [4.69, 9.17) is 11.6 Å². The molecule has 1 fully saturated rings. The number of rotatable bonds is 5. The van der Waals surface area contributed by atoms with Crippen LogP contribution in [0.15, 0.2) is 24.3 Å². The smallest absolute Gasteiger partial charge is 0.0499 e. The molecule has 1 aromatic rings. The molecule has 0 heterocycles. The molecule has 20 heavy (non-hydrogen) atoms. The maximum atomic E-state index is 9.88. The summed E-state index contributed by atoms with van der Waals surface area (Å²) in [6, 6.07) is 8.02. The lowest BCUT2D eigenvalue weighted by atomic mass is 9.80. The fourth-order valence-corrected chi connectivity index (χ4v) is 3.59. The van der Waals surface area contributed by atoms with Crippen LogP contribution in [-0.2, 0) is 6.54 Å². The number of hydrogen-bond acceptors (Lipinski definition) is 2. The third-order valence-corrected chi connectivity index (χ3v) is 4.87. The first kappa shape index (κ1) is 15.8. The van der Waals surface area contributed by atoms with Crippen LogP contribution in [0, 0.1) is 5.41 Å². The van der Waals surface area contributed by atoms with Crippen LogP contribution in [0.4, 0.5) is 0 Å². The molecule has 0 unspecified atom stereocenters. The van der Waals surface area contributed by atoms with Gasteiger partial charge in [-0.2, -0.15) is 0 Å². The number of aliphatic hydroxyl groups excluding tert-OH is 1. The second kappa shape index (κ2) is 7.44. The van der Waals surface area contributed by atoms with Gasteiger partial charge in [0.25, 0.3) is 0 Å². The average Bonchev–Trinajstić information content (AvgIpc) is 2.67. The molecule has 0 amide bonds. The standard InChI is InChI=1S/C17H26ClNO/c1-19(12-15-8-4-5-9-16(15)18)13-17(14-20)10-6-2-3-7-11-17/h4-5,8-9,20H,2-3,6-7,10-14H2,1H3. The van der Waals surface area contributed by atoms with Gasteiger partial charge in [-0.25, -0.2) is 0 Å². The van der Waals surface area contributed by atoms with Gasteiger partial charge in [-0.15, -0.1) is 0 Å². The van der Waals surface area contributed by atoms with E-state index in [2.05, 4.69) is 18.0 Å². The molecule has 0 saturated heterocycles. The van der Waals surface area contributed by atoms with Crippen LogP contribution in [0.5, 0.6) is 0 Å². The Kier molecular flexibility index (Phi) is 5.88. The first-order valence-corrected chi connectivity index (χ1v) is 8.06. The molecule has 112 valence electrons. The Labute approximate surface area is 127 Å². The van der Waals surface area contributed by atoms with Crippen molar-refractivity contribution in [3.05, 3.63) is 34.9 Å². The summed E-state index contributed by atoms with van der Waals surface area (Å²) in [5, 5.41) is 10.7. The molecule has 1 N–H and O–H groups in total. The first-order valence-electron chi connectivity index (χ1n) is 7.68. The zero-order chi connectivity index (χ0) is 14.4. The Bertz CT molecular complexity index is 413. The zero-order valence-corrected chi connectivity index (χ0v) is 13.2. The molecule has 0 radical (unpaired) electrons. The van der Waals surface area contributed by atoms with Gasteiger partial charge in [0.2, 0.25) is 0 Å². The van der Waals surface area contributed by atoms with Crippen LogP contribution in [0.2, 0.25) is 5.02 Å². The van der Waals surface area contributed by atoms with Crippen LogP contribution in [0.3, 0.4) is 0 Å². The summed E-state index contributed by atoms with van der Waals surface area (Å²) in [5.41, 5.74) is 1.25. The van der Waals surface area contributed by atoms with Crippen LogP contribution in [0.25, 0.3) is 0 Å². The van der Waals surface area contributed by atoms with Crippen molar-refractivity contribution < 1.29 is 5.11 Å². The summed E-state index contributed by atoms with van der Waals surface area (Å²) in [6.45, 7) is 2.11. The minimum atomic E-state index is 0.0898. The van der Waals surface area contributed by atoms with Crippen molar-refractivity contribution in [1.29, 1.82) is 0 Å². The van der Waals surface area contributed by atoms with Gasteiger partial charge in [-0.1, -0.05) is 55.5 Å². The number of aliphatic hydroxyl groups is 1. The van der Waals surface area contributed by atoms with Crippen molar-refractivity contribution in [1.82, 2.24) is 4.90 Å². The molecule has 1 aromatic carbocycles. The number of nitrogens with zero attached hydrogens (tertiary/aromatic N) is 1. The Morgan fingerprint density at radius 3 is 2.40 bits per heavy atom. The van der Waals surface area contributed by atoms with Gasteiger partial charge in [0.05, 0.1) is 0 Å². The number of benzene rings is 1. The van der Waals surface area contributed by atoms with E-state index >= 15 is 0 Å². The van der Waals surface area contributed by atoms with Gasteiger partial charge in [0.15, 0.2) is 0 Å². The summed E-state index contributed by atoms with van der Waals surface area (Å²) in [6.07, 6.45) is 7.43. The van der Waals surface area contributed by atoms with E-state index in [1.165, 1.54) is 31.2 Å². The molecule has 2 nitrogen and oxygen atoms in total. The number of halogens is 1. The molecule has 2 rings (SSSR count). The predicted molar refractivity (Wildman–Crippen MR) is 85.0 cm³/mol. The van der Waals surface area contributed by atoms with Crippen molar-refractivity contribution in [2.45, 2.75) is 45.1 Å². The Balaban J connectivity index is 1.98. The van der Waals surface area contributed by atoms with Gasteiger partial charge in [-0.3, -0.25) is 0 Å². The lowest BCUT2D eigenvalue weighted by Crippen LogP contribution is -2.38. The summed E-state index contributed by atoms with van der Waals surface area (Å²) in [7, 11) is 2.13. The Hall–Kier alpha value is -0.570. The number of hydrogen-bond donors (Lipinski definition) is 1. The summed E-state index contributed by atoms with van der Waals surface area (Å²) in [5.74, 6) is 0. The maximum absolute atomic E-state index is 9.88. The minimum absolute atomic E-state index is 0.0898. The molecule has 1 aliphatic rings. The average molecular weight is 296 g/mol. The Morgan fingerprint density at radius 1 is 1.15 bits per heavy atom. The molecule has 0 spiro atoms. The molecular weight excluding hydrogens is 270 g/mol. The molecule has 0 aromatic heterocycles. The summed E-state index contributed by atoms with van der Waals surface area (Å²) >= 11 is 6.23. The minimum Gasteiger partial charge on any atom is -0.396 e. The quantitative estimate of drug-likeness (QED) is 0.827. The molecule has 0 bridgehead atoms. The van der Waals surface area contributed by atoms with E-state index in [0.29, 0.717) is 6.61 Å². The SMILES string of the molecule is CN(Cc1ccccc1Cl)CC1(CO)CCCCCC1. The van der Waals surface area contributed by atoms with E-state index in [-0.39, 0.29) is 5.41 Å². The highest BCUT2D eigenvalue weighted by Gasteiger charge is 2.31. The second-order valence-electron chi connectivity index (χ2n) is 6.34. The van der Waals surface area contributed by atoms with Crippen LogP contribution >= 0.6 is 11.6 Å². The van der Waals surface area contributed by atoms with Gasteiger partial charge in [-0.05, 0) is 31.5 Å². The molecular formula is C17H26ClNO. The van der Waals surface area contributed by atoms with E-state index < -0.39 is 0 Å². The van der Waals surface area contributed by atoms with Crippen molar-refractivity contribution in [3.8, 4) is 0 Å². The van der Waals surface area contributed by atoms with Crippen LogP contribution < -0.4 is 0 Å². The van der Waals surface area contributed by atoms with Crippen molar-refractivity contribution in [2.75, 3.05) is 20.2 Å². The largest absolute Gasteiger partial charge is 0.396 e. The van der Waals surface area contributed by atoms with E-state index in [1.807, 2.05) is 18.2 Å². The van der Waals surface area contributed by atoms with Crippen molar-refractivity contribution in [2.24, 2.45) is 5.41 Å². The highest BCUT2D eigenvalue weighted by Crippen LogP contribution is 2.35. The van der Waals surface area contributed by atoms with Gasteiger partial charge in [0, 0.05) is 30.1 Å². The van der Waals surface area contributed by atoms with E-state index in [0.717, 1.165) is 31.0 Å². The topological polar surface area (TPSA) is 23.5 Å². The van der Waals surface area contributed by atoms with E-state index in [1.54, 1.807) is 0 Å².